The van der Waals surface area contributed by atoms with Crippen LogP contribution >= 0.6 is 0 Å². The first kappa shape index (κ1) is 10.7. The number of rotatable bonds is 3. The highest BCUT2D eigenvalue weighted by Crippen LogP contribution is 2.47. The second-order valence-corrected chi connectivity index (χ2v) is 5.00. The zero-order chi connectivity index (χ0) is 11.0. The fourth-order valence-corrected chi connectivity index (χ4v) is 2.51. The number of hydrogen-bond acceptors (Lipinski definition) is 1. The zero-order valence-electron chi connectivity index (χ0n) is 10.2. The van der Waals surface area contributed by atoms with Gasteiger partial charge in [0, 0.05) is 6.04 Å². The molecule has 1 aliphatic rings. The van der Waals surface area contributed by atoms with Gasteiger partial charge in [0.1, 0.15) is 0 Å². The van der Waals surface area contributed by atoms with E-state index in [1.807, 2.05) is 0 Å². The van der Waals surface area contributed by atoms with E-state index in [-0.39, 0.29) is 0 Å². The fraction of sp³-hybridized carbons (Fsp3) is 0.571. The summed E-state index contributed by atoms with van der Waals surface area (Å²) in [6.45, 7) is 6.73. The highest BCUT2D eigenvalue weighted by atomic mass is 14.9. The van der Waals surface area contributed by atoms with Crippen LogP contribution in [0.5, 0.6) is 0 Å². The first-order chi connectivity index (χ1) is 7.13. The van der Waals surface area contributed by atoms with E-state index in [2.05, 4.69) is 51.3 Å². The Kier molecular flexibility index (Phi) is 2.83. The van der Waals surface area contributed by atoms with Gasteiger partial charge in [-0.05, 0) is 50.3 Å². The molecule has 3 unspecified atom stereocenters. The Labute approximate surface area is 92.9 Å². The van der Waals surface area contributed by atoms with Crippen LogP contribution in [0.1, 0.15) is 36.1 Å². The van der Waals surface area contributed by atoms with Crippen molar-refractivity contribution >= 4 is 0 Å². The van der Waals surface area contributed by atoms with E-state index in [4.69, 9.17) is 0 Å². The molecule has 1 fully saturated rings. The van der Waals surface area contributed by atoms with E-state index in [1.54, 1.807) is 0 Å². The summed E-state index contributed by atoms with van der Waals surface area (Å²) in [4.78, 5) is 0. The second kappa shape index (κ2) is 3.97. The van der Waals surface area contributed by atoms with Crippen LogP contribution in [0.2, 0.25) is 0 Å². The van der Waals surface area contributed by atoms with Crippen LogP contribution in [0.25, 0.3) is 0 Å². The smallest absolute Gasteiger partial charge is 0.0351 e. The maximum atomic E-state index is 3.48. The first-order valence-electron chi connectivity index (χ1n) is 5.88. The highest BCUT2D eigenvalue weighted by molar-refractivity contribution is 5.34. The topological polar surface area (TPSA) is 12.0 Å². The maximum Gasteiger partial charge on any atom is 0.0351 e. The minimum absolute atomic E-state index is 0.555. The Hall–Kier alpha value is -0.820. The lowest BCUT2D eigenvalue weighted by Gasteiger charge is -2.19. The third kappa shape index (κ3) is 2.07. The van der Waals surface area contributed by atoms with Gasteiger partial charge < -0.3 is 5.32 Å². The standard InChI is InChI=1S/C14H21N/c1-9-5-6-10(2)12(7-9)14(15-4)13-8-11(13)3/h5-7,11,13-15H,8H2,1-4H3. The van der Waals surface area contributed by atoms with Crippen LogP contribution in [0, 0.1) is 25.7 Å². The average molecular weight is 203 g/mol. The number of nitrogens with one attached hydrogen (secondary N) is 1. The van der Waals surface area contributed by atoms with E-state index < -0.39 is 0 Å². The van der Waals surface area contributed by atoms with Crippen molar-refractivity contribution < 1.29 is 0 Å². The summed E-state index contributed by atoms with van der Waals surface area (Å²) in [5, 5.41) is 3.48. The molecular formula is C14H21N. The zero-order valence-corrected chi connectivity index (χ0v) is 10.2. The Balaban J connectivity index is 2.29. The van der Waals surface area contributed by atoms with Crippen molar-refractivity contribution in [2.45, 2.75) is 33.2 Å². The van der Waals surface area contributed by atoms with Crippen molar-refractivity contribution in [3.8, 4) is 0 Å². The predicted molar refractivity (Wildman–Crippen MR) is 65.0 cm³/mol. The van der Waals surface area contributed by atoms with Gasteiger partial charge in [-0.25, -0.2) is 0 Å². The van der Waals surface area contributed by atoms with E-state index >= 15 is 0 Å². The SMILES string of the molecule is CNC(c1cc(C)ccc1C)C1CC1C. The number of aryl methyl sites for hydroxylation is 2. The van der Waals surface area contributed by atoms with Gasteiger partial charge in [0.15, 0.2) is 0 Å². The van der Waals surface area contributed by atoms with Gasteiger partial charge in [-0.15, -0.1) is 0 Å². The van der Waals surface area contributed by atoms with Gasteiger partial charge in [-0.2, -0.15) is 0 Å². The molecule has 0 aliphatic heterocycles. The van der Waals surface area contributed by atoms with Crippen LogP contribution in [-0.2, 0) is 0 Å². The van der Waals surface area contributed by atoms with E-state index in [0.717, 1.165) is 11.8 Å². The third-order valence-corrected chi connectivity index (χ3v) is 3.68. The molecule has 3 atom stereocenters. The van der Waals surface area contributed by atoms with Crippen LogP contribution < -0.4 is 5.32 Å². The predicted octanol–water partition coefficient (Wildman–Crippen LogP) is 3.22. The van der Waals surface area contributed by atoms with Gasteiger partial charge in [0.25, 0.3) is 0 Å². The molecule has 1 N–H and O–H groups in total. The first-order valence-corrected chi connectivity index (χ1v) is 5.88. The molecule has 0 heterocycles. The lowest BCUT2D eigenvalue weighted by atomic mass is 9.95. The van der Waals surface area contributed by atoms with Crippen LogP contribution in [0.3, 0.4) is 0 Å². The molecule has 0 radical (unpaired) electrons. The van der Waals surface area contributed by atoms with Crippen LogP contribution in [0.4, 0.5) is 0 Å². The molecule has 1 saturated carbocycles. The van der Waals surface area contributed by atoms with Crippen molar-refractivity contribution in [1.82, 2.24) is 5.32 Å². The minimum atomic E-state index is 0.555. The molecular weight excluding hydrogens is 182 g/mol. The van der Waals surface area contributed by atoms with Crippen molar-refractivity contribution in [2.75, 3.05) is 7.05 Å². The van der Waals surface area contributed by atoms with E-state index in [1.165, 1.54) is 23.1 Å². The summed E-state index contributed by atoms with van der Waals surface area (Å²) in [6, 6.07) is 7.32. The van der Waals surface area contributed by atoms with Gasteiger partial charge >= 0.3 is 0 Å². The van der Waals surface area contributed by atoms with Crippen molar-refractivity contribution in [2.24, 2.45) is 11.8 Å². The monoisotopic (exact) mass is 203 g/mol. The van der Waals surface area contributed by atoms with E-state index in [0.29, 0.717) is 6.04 Å². The van der Waals surface area contributed by atoms with Gasteiger partial charge in [0.05, 0.1) is 0 Å². The fourth-order valence-electron chi connectivity index (χ4n) is 2.51. The third-order valence-electron chi connectivity index (χ3n) is 3.68. The molecule has 0 saturated heterocycles. The molecule has 0 amide bonds. The van der Waals surface area contributed by atoms with Gasteiger partial charge in [-0.1, -0.05) is 30.7 Å². The molecule has 0 aromatic heterocycles. The second-order valence-electron chi connectivity index (χ2n) is 5.00. The Bertz CT molecular complexity index is 356. The molecule has 0 spiro atoms. The summed E-state index contributed by atoms with van der Waals surface area (Å²) >= 11 is 0. The summed E-state index contributed by atoms with van der Waals surface area (Å²) < 4.78 is 0. The van der Waals surface area contributed by atoms with Crippen molar-refractivity contribution in [1.29, 1.82) is 0 Å². The molecule has 1 aromatic rings. The van der Waals surface area contributed by atoms with Crippen LogP contribution in [0.15, 0.2) is 18.2 Å². The lowest BCUT2D eigenvalue weighted by molar-refractivity contribution is 0.501. The molecule has 2 rings (SSSR count). The summed E-state index contributed by atoms with van der Waals surface area (Å²) in [6.07, 6.45) is 1.37. The van der Waals surface area contributed by atoms with Crippen molar-refractivity contribution in [3.05, 3.63) is 34.9 Å². The molecule has 1 heteroatoms. The number of hydrogen-bond donors (Lipinski definition) is 1. The van der Waals surface area contributed by atoms with Crippen molar-refractivity contribution in [3.63, 3.8) is 0 Å². The van der Waals surface area contributed by atoms with Crippen LogP contribution in [-0.4, -0.2) is 7.05 Å². The quantitative estimate of drug-likeness (QED) is 0.795. The van der Waals surface area contributed by atoms with Gasteiger partial charge in [-0.3, -0.25) is 0 Å². The summed E-state index contributed by atoms with van der Waals surface area (Å²) in [5.41, 5.74) is 4.27. The Morgan fingerprint density at radius 2 is 2.00 bits per heavy atom. The normalized spacial score (nSPS) is 26.4. The largest absolute Gasteiger partial charge is 0.313 e. The highest BCUT2D eigenvalue weighted by Gasteiger charge is 2.39. The lowest BCUT2D eigenvalue weighted by Crippen LogP contribution is -2.20. The molecule has 15 heavy (non-hydrogen) atoms. The minimum Gasteiger partial charge on any atom is -0.313 e. The molecule has 82 valence electrons. The molecule has 1 nitrogen and oxygen atoms in total. The maximum absolute atomic E-state index is 3.48. The molecule has 1 aliphatic carbocycles. The average Bonchev–Trinajstić information content (AvgIpc) is 2.90. The molecule has 0 bridgehead atoms. The van der Waals surface area contributed by atoms with Gasteiger partial charge in [0.2, 0.25) is 0 Å². The summed E-state index contributed by atoms with van der Waals surface area (Å²) in [5.74, 6) is 1.73. The Morgan fingerprint density at radius 3 is 2.53 bits per heavy atom. The summed E-state index contributed by atoms with van der Waals surface area (Å²) in [7, 11) is 2.08. The van der Waals surface area contributed by atoms with E-state index in [9.17, 15) is 0 Å². The number of benzene rings is 1. The molecule has 1 aromatic carbocycles. The Morgan fingerprint density at radius 1 is 1.33 bits per heavy atom.